The lowest BCUT2D eigenvalue weighted by Gasteiger charge is -2.37. The summed E-state index contributed by atoms with van der Waals surface area (Å²) in [5.41, 5.74) is 0.594. The van der Waals surface area contributed by atoms with Crippen LogP contribution >= 0.6 is 0 Å². The number of carbonyl (C=O) groups excluding carboxylic acids is 1. The molecular formula is C11H12N2O3. The molecular weight excluding hydrogens is 208 g/mol. The Morgan fingerprint density at radius 3 is 2.44 bits per heavy atom. The predicted octanol–water partition coefficient (Wildman–Crippen LogP) is 0.779. The van der Waals surface area contributed by atoms with Gasteiger partial charge in [0.25, 0.3) is 5.91 Å². The quantitative estimate of drug-likeness (QED) is 0.773. The van der Waals surface area contributed by atoms with Crippen LogP contribution in [0.4, 0.5) is 4.79 Å². The van der Waals surface area contributed by atoms with Crippen molar-refractivity contribution in [1.82, 2.24) is 10.2 Å². The summed E-state index contributed by atoms with van der Waals surface area (Å²) >= 11 is 0. The molecule has 0 aliphatic carbocycles. The molecule has 1 aliphatic heterocycles. The lowest BCUT2D eigenvalue weighted by atomic mass is 10.1. The average Bonchev–Trinajstić information content (AvgIpc) is 2.23. The van der Waals surface area contributed by atoms with E-state index in [0.717, 1.165) is 0 Å². The Labute approximate surface area is 92.7 Å². The molecule has 0 radical (unpaired) electrons. The summed E-state index contributed by atoms with van der Waals surface area (Å²) in [4.78, 5) is 23.4. The summed E-state index contributed by atoms with van der Waals surface area (Å²) in [7, 11) is 0. The number of carbonyl (C=O) groups is 2. The molecule has 0 saturated carbocycles. The molecule has 5 heteroatoms. The number of amides is 2. The van der Waals surface area contributed by atoms with Gasteiger partial charge >= 0.3 is 6.09 Å². The van der Waals surface area contributed by atoms with Crippen molar-refractivity contribution in [2.45, 2.75) is 6.04 Å². The van der Waals surface area contributed by atoms with Crippen molar-refractivity contribution in [1.29, 1.82) is 0 Å². The van der Waals surface area contributed by atoms with Gasteiger partial charge in [-0.15, -0.1) is 0 Å². The topological polar surface area (TPSA) is 69.6 Å². The molecule has 0 unspecified atom stereocenters. The van der Waals surface area contributed by atoms with Crippen LogP contribution in [-0.4, -0.2) is 41.1 Å². The number of hydrogen-bond donors (Lipinski definition) is 2. The van der Waals surface area contributed by atoms with Crippen LogP contribution < -0.4 is 5.32 Å². The minimum absolute atomic E-state index is 0.0659. The fraction of sp³-hybridized carbons (Fsp3) is 0.273. The van der Waals surface area contributed by atoms with E-state index in [2.05, 4.69) is 5.32 Å². The number of likely N-dealkylation sites (tertiary alicyclic amines) is 1. The van der Waals surface area contributed by atoms with Crippen molar-refractivity contribution < 1.29 is 14.7 Å². The normalized spacial score (nSPS) is 15.4. The second-order valence-corrected chi connectivity index (χ2v) is 3.72. The highest BCUT2D eigenvalue weighted by molar-refractivity contribution is 5.94. The van der Waals surface area contributed by atoms with Gasteiger partial charge in [0, 0.05) is 18.7 Å². The van der Waals surface area contributed by atoms with Gasteiger partial charge in [0.05, 0.1) is 6.04 Å². The van der Waals surface area contributed by atoms with Gasteiger partial charge in [-0.3, -0.25) is 4.79 Å². The third kappa shape index (κ3) is 2.13. The zero-order valence-electron chi connectivity index (χ0n) is 8.59. The van der Waals surface area contributed by atoms with Gasteiger partial charge in [-0.1, -0.05) is 18.2 Å². The first-order chi connectivity index (χ1) is 7.66. The molecule has 2 N–H and O–H groups in total. The molecule has 84 valence electrons. The first kappa shape index (κ1) is 10.5. The van der Waals surface area contributed by atoms with Gasteiger partial charge in [0.2, 0.25) is 0 Å². The van der Waals surface area contributed by atoms with Crippen molar-refractivity contribution in [3.63, 3.8) is 0 Å². The second kappa shape index (κ2) is 4.22. The first-order valence-electron chi connectivity index (χ1n) is 5.00. The lowest BCUT2D eigenvalue weighted by molar-refractivity contribution is 0.0768. The molecule has 16 heavy (non-hydrogen) atoms. The molecule has 1 heterocycles. The van der Waals surface area contributed by atoms with E-state index >= 15 is 0 Å². The Hall–Kier alpha value is -2.04. The monoisotopic (exact) mass is 220 g/mol. The summed E-state index contributed by atoms with van der Waals surface area (Å²) in [6, 6.07) is 8.81. The molecule has 0 spiro atoms. The molecule has 1 aliphatic rings. The van der Waals surface area contributed by atoms with Gasteiger partial charge in [0.1, 0.15) is 0 Å². The lowest BCUT2D eigenvalue weighted by Crippen LogP contribution is -2.60. The van der Waals surface area contributed by atoms with Crippen LogP contribution in [-0.2, 0) is 0 Å². The van der Waals surface area contributed by atoms with Gasteiger partial charge in [-0.05, 0) is 12.1 Å². The molecule has 0 aromatic heterocycles. The number of carboxylic acid groups (broad SMARTS) is 1. The predicted molar refractivity (Wildman–Crippen MR) is 57.3 cm³/mol. The van der Waals surface area contributed by atoms with Crippen LogP contribution in [0.25, 0.3) is 0 Å². The fourth-order valence-corrected chi connectivity index (χ4v) is 1.58. The van der Waals surface area contributed by atoms with E-state index in [1.54, 1.807) is 24.3 Å². The fourth-order valence-electron chi connectivity index (χ4n) is 1.58. The van der Waals surface area contributed by atoms with Crippen LogP contribution in [0, 0.1) is 0 Å². The summed E-state index contributed by atoms with van der Waals surface area (Å²) in [5, 5.41) is 11.4. The zero-order chi connectivity index (χ0) is 11.5. The highest BCUT2D eigenvalue weighted by Gasteiger charge is 2.31. The van der Waals surface area contributed by atoms with Crippen molar-refractivity contribution in [2.75, 3.05) is 13.1 Å². The first-order valence-corrected chi connectivity index (χ1v) is 5.00. The largest absolute Gasteiger partial charge is 0.465 e. The number of hydrogen-bond acceptors (Lipinski definition) is 2. The molecule has 2 amide bonds. The SMILES string of the molecule is O=C(NC1CN(C(=O)O)C1)c1ccccc1. The average molecular weight is 220 g/mol. The van der Waals surface area contributed by atoms with E-state index in [4.69, 9.17) is 5.11 Å². The molecule has 0 atom stereocenters. The molecule has 1 aromatic carbocycles. The number of nitrogens with zero attached hydrogens (tertiary/aromatic N) is 1. The van der Waals surface area contributed by atoms with E-state index in [9.17, 15) is 9.59 Å². The van der Waals surface area contributed by atoms with Crippen LogP contribution in [0.5, 0.6) is 0 Å². The Morgan fingerprint density at radius 2 is 1.88 bits per heavy atom. The molecule has 5 nitrogen and oxygen atoms in total. The van der Waals surface area contributed by atoms with E-state index in [0.29, 0.717) is 18.7 Å². The number of benzene rings is 1. The third-order valence-corrected chi connectivity index (χ3v) is 2.52. The van der Waals surface area contributed by atoms with Crippen molar-refractivity contribution in [3.8, 4) is 0 Å². The Morgan fingerprint density at radius 1 is 1.25 bits per heavy atom. The van der Waals surface area contributed by atoms with Gasteiger partial charge in [-0.25, -0.2) is 4.79 Å². The highest BCUT2D eigenvalue weighted by Crippen LogP contribution is 2.08. The summed E-state index contributed by atoms with van der Waals surface area (Å²) in [6.45, 7) is 0.738. The maximum absolute atomic E-state index is 11.6. The number of nitrogens with one attached hydrogen (secondary N) is 1. The molecule has 0 bridgehead atoms. The maximum Gasteiger partial charge on any atom is 0.407 e. The van der Waals surface area contributed by atoms with Crippen molar-refractivity contribution in [3.05, 3.63) is 35.9 Å². The van der Waals surface area contributed by atoms with Crippen molar-refractivity contribution in [2.24, 2.45) is 0 Å². The Kier molecular flexibility index (Phi) is 2.76. The highest BCUT2D eigenvalue weighted by atomic mass is 16.4. The van der Waals surface area contributed by atoms with E-state index in [1.165, 1.54) is 4.90 Å². The molecule has 1 fully saturated rings. The van der Waals surface area contributed by atoms with Gasteiger partial charge < -0.3 is 15.3 Å². The summed E-state index contributed by atoms with van der Waals surface area (Å²) in [5.74, 6) is -0.157. The van der Waals surface area contributed by atoms with Crippen LogP contribution in [0.1, 0.15) is 10.4 Å². The minimum Gasteiger partial charge on any atom is -0.465 e. The smallest absolute Gasteiger partial charge is 0.407 e. The Bertz CT molecular complexity index is 399. The van der Waals surface area contributed by atoms with E-state index in [-0.39, 0.29) is 11.9 Å². The molecule has 1 saturated heterocycles. The standard InChI is InChI=1S/C11H12N2O3/c14-10(8-4-2-1-3-5-8)12-9-6-13(7-9)11(15)16/h1-5,9H,6-7H2,(H,12,14)(H,15,16). The third-order valence-electron chi connectivity index (χ3n) is 2.52. The Balaban J connectivity index is 1.84. The van der Waals surface area contributed by atoms with E-state index < -0.39 is 6.09 Å². The molecule has 1 aromatic rings. The summed E-state index contributed by atoms with van der Waals surface area (Å²) in [6.07, 6.45) is -0.940. The number of rotatable bonds is 2. The van der Waals surface area contributed by atoms with Crippen LogP contribution in [0.15, 0.2) is 30.3 Å². The zero-order valence-corrected chi connectivity index (χ0v) is 8.59. The maximum atomic E-state index is 11.6. The second-order valence-electron chi connectivity index (χ2n) is 3.72. The van der Waals surface area contributed by atoms with Crippen LogP contribution in [0.3, 0.4) is 0 Å². The van der Waals surface area contributed by atoms with Gasteiger partial charge in [-0.2, -0.15) is 0 Å². The summed E-state index contributed by atoms with van der Waals surface area (Å²) < 4.78 is 0. The molecule has 2 rings (SSSR count). The van der Waals surface area contributed by atoms with Gasteiger partial charge in [0.15, 0.2) is 0 Å². The van der Waals surface area contributed by atoms with Crippen LogP contribution in [0.2, 0.25) is 0 Å². The van der Waals surface area contributed by atoms with E-state index in [1.807, 2.05) is 6.07 Å². The van der Waals surface area contributed by atoms with Crippen molar-refractivity contribution >= 4 is 12.0 Å². The minimum atomic E-state index is -0.940.